The first-order valence-corrected chi connectivity index (χ1v) is 9.42. The van der Waals surface area contributed by atoms with Gasteiger partial charge in [0.15, 0.2) is 0 Å². The molecule has 20 heavy (non-hydrogen) atoms. The first kappa shape index (κ1) is 19.7. The summed E-state index contributed by atoms with van der Waals surface area (Å²) in [4.78, 5) is 0. The van der Waals surface area contributed by atoms with Crippen molar-refractivity contribution in [2.45, 2.75) is 111 Å². The molecule has 0 atom stereocenters. The summed E-state index contributed by atoms with van der Waals surface area (Å²) in [5, 5.41) is 0. The van der Waals surface area contributed by atoms with E-state index >= 15 is 0 Å². The molecule has 0 rings (SSSR count). The zero-order chi connectivity index (χ0) is 14.9. The van der Waals surface area contributed by atoms with Gasteiger partial charge in [0.05, 0.1) is 0 Å². The summed E-state index contributed by atoms with van der Waals surface area (Å²) in [6, 6.07) is 0. The van der Waals surface area contributed by atoms with E-state index in [1.807, 2.05) is 0 Å². The molecule has 0 saturated heterocycles. The standard InChI is InChI=1S/C20H40/c1-4-5-6-7-8-9-10-11-12-13-14-15-16-17-18-19-20(2)3/h8-9,20H,4-7,10-19H2,1-3H3/b9-8+. The normalized spacial score (nSPS) is 11.8. The monoisotopic (exact) mass is 280 g/mol. The topological polar surface area (TPSA) is 0 Å². The molecule has 0 nitrogen and oxygen atoms in total. The van der Waals surface area contributed by atoms with Gasteiger partial charge in [0.25, 0.3) is 0 Å². The van der Waals surface area contributed by atoms with Crippen molar-refractivity contribution in [2.75, 3.05) is 0 Å². The Balaban J connectivity index is 3.02. The molecule has 0 aromatic rings. The molecular weight excluding hydrogens is 240 g/mol. The molecular formula is C20H40. The lowest BCUT2D eigenvalue weighted by molar-refractivity contribution is 0.507. The number of rotatable bonds is 15. The van der Waals surface area contributed by atoms with E-state index in [0.29, 0.717) is 0 Å². The zero-order valence-corrected chi connectivity index (χ0v) is 14.6. The van der Waals surface area contributed by atoms with Crippen LogP contribution < -0.4 is 0 Å². The minimum absolute atomic E-state index is 0.894. The molecule has 0 amide bonds. The van der Waals surface area contributed by atoms with E-state index in [0.717, 1.165) is 5.92 Å². The average Bonchev–Trinajstić information content (AvgIpc) is 2.43. The molecule has 120 valence electrons. The summed E-state index contributed by atoms with van der Waals surface area (Å²) >= 11 is 0. The van der Waals surface area contributed by atoms with Gasteiger partial charge in [-0.3, -0.25) is 0 Å². The molecule has 0 radical (unpaired) electrons. The van der Waals surface area contributed by atoms with Gasteiger partial charge in [0.2, 0.25) is 0 Å². The van der Waals surface area contributed by atoms with Crippen molar-refractivity contribution in [3.8, 4) is 0 Å². The maximum absolute atomic E-state index is 2.40. The van der Waals surface area contributed by atoms with Gasteiger partial charge in [-0.25, -0.2) is 0 Å². The summed E-state index contributed by atoms with van der Waals surface area (Å²) < 4.78 is 0. The highest BCUT2D eigenvalue weighted by molar-refractivity contribution is 4.81. The summed E-state index contributed by atoms with van der Waals surface area (Å²) in [6.07, 6.45) is 24.5. The Morgan fingerprint density at radius 3 is 1.55 bits per heavy atom. The average molecular weight is 281 g/mol. The molecule has 0 heteroatoms. The lowest BCUT2D eigenvalue weighted by atomic mass is 10.0. The fraction of sp³-hybridized carbons (Fsp3) is 0.900. The Bertz CT molecular complexity index is 190. The summed E-state index contributed by atoms with van der Waals surface area (Å²) in [7, 11) is 0. The lowest BCUT2D eigenvalue weighted by Crippen LogP contribution is -1.87. The minimum atomic E-state index is 0.894. The van der Waals surface area contributed by atoms with Crippen LogP contribution in [0.2, 0.25) is 0 Å². The molecule has 0 fully saturated rings. The molecule has 0 bridgehead atoms. The van der Waals surface area contributed by atoms with Crippen LogP contribution in [0, 0.1) is 5.92 Å². The van der Waals surface area contributed by atoms with Crippen LogP contribution in [0.3, 0.4) is 0 Å². The largest absolute Gasteiger partial charge is 0.0885 e. The van der Waals surface area contributed by atoms with Gasteiger partial charge in [-0.2, -0.15) is 0 Å². The second-order valence-corrected chi connectivity index (χ2v) is 6.77. The van der Waals surface area contributed by atoms with Gasteiger partial charge in [-0.1, -0.05) is 97.1 Å². The lowest BCUT2D eigenvalue weighted by Gasteiger charge is -2.04. The van der Waals surface area contributed by atoms with Crippen LogP contribution in [0.1, 0.15) is 111 Å². The van der Waals surface area contributed by atoms with Crippen LogP contribution >= 0.6 is 0 Å². The Morgan fingerprint density at radius 2 is 1.05 bits per heavy atom. The Hall–Kier alpha value is -0.260. The SMILES string of the molecule is CCCCC/C=C/CCCCCCCCCCC(C)C. The minimum Gasteiger partial charge on any atom is -0.0885 e. The van der Waals surface area contributed by atoms with Crippen LogP contribution in [0.25, 0.3) is 0 Å². The molecule has 0 aliphatic carbocycles. The van der Waals surface area contributed by atoms with Gasteiger partial charge in [0.1, 0.15) is 0 Å². The Morgan fingerprint density at radius 1 is 0.600 bits per heavy atom. The maximum Gasteiger partial charge on any atom is -0.0351 e. The van der Waals surface area contributed by atoms with Gasteiger partial charge >= 0.3 is 0 Å². The second-order valence-electron chi connectivity index (χ2n) is 6.77. The third kappa shape index (κ3) is 17.7. The molecule has 0 aliphatic rings. The Kier molecular flexibility index (Phi) is 16.6. The van der Waals surface area contributed by atoms with Crippen LogP contribution in [0.15, 0.2) is 12.2 Å². The summed E-state index contributed by atoms with van der Waals surface area (Å²) in [5.74, 6) is 0.894. The van der Waals surface area contributed by atoms with Crippen LogP contribution in [-0.2, 0) is 0 Å². The van der Waals surface area contributed by atoms with E-state index in [4.69, 9.17) is 0 Å². The molecule has 0 aliphatic heterocycles. The van der Waals surface area contributed by atoms with Crippen LogP contribution in [0.5, 0.6) is 0 Å². The number of hydrogen-bond acceptors (Lipinski definition) is 0. The molecule has 0 saturated carbocycles. The second kappa shape index (κ2) is 16.8. The van der Waals surface area contributed by atoms with Crippen molar-refractivity contribution in [3.05, 3.63) is 12.2 Å². The fourth-order valence-electron chi connectivity index (χ4n) is 2.62. The van der Waals surface area contributed by atoms with E-state index in [1.165, 1.54) is 89.9 Å². The van der Waals surface area contributed by atoms with E-state index < -0.39 is 0 Å². The highest BCUT2D eigenvalue weighted by Gasteiger charge is 1.95. The number of allylic oxidation sites excluding steroid dienone is 2. The third-order valence-electron chi connectivity index (χ3n) is 4.04. The van der Waals surface area contributed by atoms with Gasteiger partial charge in [0, 0.05) is 0 Å². The smallest absolute Gasteiger partial charge is 0.0351 e. The highest BCUT2D eigenvalue weighted by Crippen LogP contribution is 2.13. The zero-order valence-electron chi connectivity index (χ0n) is 14.6. The summed E-state index contributed by atoms with van der Waals surface area (Å²) in [5.41, 5.74) is 0. The van der Waals surface area contributed by atoms with Crippen molar-refractivity contribution >= 4 is 0 Å². The molecule has 0 spiro atoms. The van der Waals surface area contributed by atoms with Crippen molar-refractivity contribution < 1.29 is 0 Å². The fourth-order valence-corrected chi connectivity index (χ4v) is 2.62. The molecule has 0 heterocycles. The predicted molar refractivity (Wildman–Crippen MR) is 94.3 cm³/mol. The Labute approximate surface area is 129 Å². The van der Waals surface area contributed by atoms with Gasteiger partial charge in [-0.05, 0) is 31.6 Å². The summed E-state index contributed by atoms with van der Waals surface area (Å²) in [6.45, 7) is 6.94. The van der Waals surface area contributed by atoms with Crippen molar-refractivity contribution in [1.82, 2.24) is 0 Å². The van der Waals surface area contributed by atoms with Gasteiger partial charge in [-0.15, -0.1) is 0 Å². The maximum atomic E-state index is 2.40. The third-order valence-corrected chi connectivity index (χ3v) is 4.04. The number of hydrogen-bond donors (Lipinski definition) is 0. The first-order valence-electron chi connectivity index (χ1n) is 9.42. The van der Waals surface area contributed by atoms with Crippen molar-refractivity contribution in [1.29, 1.82) is 0 Å². The van der Waals surface area contributed by atoms with E-state index in [1.54, 1.807) is 0 Å². The molecule has 0 N–H and O–H groups in total. The predicted octanol–water partition coefficient (Wildman–Crippen LogP) is 7.68. The first-order chi connectivity index (χ1) is 9.77. The quantitative estimate of drug-likeness (QED) is 0.213. The highest BCUT2D eigenvalue weighted by atomic mass is 14.0. The van der Waals surface area contributed by atoms with Crippen LogP contribution in [0.4, 0.5) is 0 Å². The van der Waals surface area contributed by atoms with Crippen molar-refractivity contribution in [2.24, 2.45) is 5.92 Å². The van der Waals surface area contributed by atoms with E-state index in [-0.39, 0.29) is 0 Å². The molecule has 0 aromatic heterocycles. The van der Waals surface area contributed by atoms with Crippen LogP contribution in [-0.4, -0.2) is 0 Å². The van der Waals surface area contributed by atoms with E-state index in [2.05, 4.69) is 32.9 Å². The number of unbranched alkanes of at least 4 members (excludes halogenated alkanes) is 11. The van der Waals surface area contributed by atoms with Gasteiger partial charge < -0.3 is 0 Å². The molecule has 0 unspecified atom stereocenters. The van der Waals surface area contributed by atoms with Crippen molar-refractivity contribution in [3.63, 3.8) is 0 Å². The van der Waals surface area contributed by atoms with E-state index in [9.17, 15) is 0 Å². The molecule has 0 aromatic carbocycles.